The number of benzene rings is 2. The highest BCUT2D eigenvalue weighted by Crippen LogP contribution is 2.25. The standard InChI is InChI=1S/C20H21NO4/c1-21(2)20(23)16-7-5-14(6-8-16)18(22)12-10-15-9-11-17(24-3)13-19(15)25-4/h5-13H,1-4H3/b12-10+. The molecular weight excluding hydrogens is 318 g/mol. The van der Waals surface area contributed by atoms with Crippen LogP contribution in [0.2, 0.25) is 0 Å². The Balaban J connectivity index is 2.16. The average Bonchev–Trinajstić information content (AvgIpc) is 2.65. The van der Waals surface area contributed by atoms with Crippen molar-refractivity contribution in [1.82, 2.24) is 4.90 Å². The molecule has 5 heteroatoms. The molecule has 2 aromatic carbocycles. The molecule has 0 unspecified atom stereocenters. The predicted octanol–water partition coefficient (Wildman–Crippen LogP) is 3.30. The normalized spacial score (nSPS) is 10.6. The van der Waals surface area contributed by atoms with Crippen LogP contribution < -0.4 is 9.47 Å². The van der Waals surface area contributed by atoms with Crippen molar-refractivity contribution >= 4 is 17.8 Å². The minimum Gasteiger partial charge on any atom is -0.497 e. The number of hydrogen-bond acceptors (Lipinski definition) is 4. The Morgan fingerprint density at radius 2 is 1.56 bits per heavy atom. The van der Waals surface area contributed by atoms with Crippen LogP contribution in [0.1, 0.15) is 26.3 Å². The zero-order valence-corrected chi connectivity index (χ0v) is 14.8. The maximum absolute atomic E-state index is 12.3. The minimum absolute atomic E-state index is 0.0995. The first kappa shape index (κ1) is 18.3. The van der Waals surface area contributed by atoms with Crippen LogP contribution in [0, 0.1) is 0 Å². The molecule has 0 radical (unpaired) electrons. The Hall–Kier alpha value is -3.08. The molecule has 0 fully saturated rings. The fourth-order valence-electron chi connectivity index (χ4n) is 2.25. The zero-order chi connectivity index (χ0) is 18.4. The lowest BCUT2D eigenvalue weighted by atomic mass is 10.1. The summed E-state index contributed by atoms with van der Waals surface area (Å²) in [7, 11) is 6.52. The second-order valence-corrected chi connectivity index (χ2v) is 5.58. The molecule has 0 spiro atoms. The fraction of sp³-hybridized carbons (Fsp3) is 0.200. The van der Waals surface area contributed by atoms with Gasteiger partial charge in [-0.1, -0.05) is 12.1 Å². The van der Waals surface area contributed by atoms with Gasteiger partial charge in [-0.2, -0.15) is 0 Å². The van der Waals surface area contributed by atoms with Crippen molar-refractivity contribution in [2.24, 2.45) is 0 Å². The van der Waals surface area contributed by atoms with Crippen LogP contribution in [-0.2, 0) is 0 Å². The Kier molecular flexibility index (Phi) is 5.95. The van der Waals surface area contributed by atoms with Crippen molar-refractivity contribution in [2.75, 3.05) is 28.3 Å². The minimum atomic E-state index is -0.151. The molecule has 0 atom stereocenters. The molecule has 0 aliphatic carbocycles. The van der Waals surface area contributed by atoms with E-state index < -0.39 is 0 Å². The molecule has 0 saturated heterocycles. The topological polar surface area (TPSA) is 55.8 Å². The smallest absolute Gasteiger partial charge is 0.253 e. The molecule has 0 bridgehead atoms. The summed E-state index contributed by atoms with van der Waals surface area (Å²) in [6.45, 7) is 0. The molecular formula is C20H21NO4. The van der Waals surface area contributed by atoms with Crippen molar-refractivity contribution in [3.63, 3.8) is 0 Å². The third kappa shape index (κ3) is 4.47. The van der Waals surface area contributed by atoms with Gasteiger partial charge in [-0.05, 0) is 36.4 Å². The van der Waals surface area contributed by atoms with Gasteiger partial charge < -0.3 is 14.4 Å². The number of amides is 1. The molecule has 5 nitrogen and oxygen atoms in total. The van der Waals surface area contributed by atoms with Gasteiger partial charge in [0, 0.05) is 36.9 Å². The maximum Gasteiger partial charge on any atom is 0.253 e. The Labute approximate surface area is 147 Å². The molecule has 0 aromatic heterocycles. The molecule has 0 N–H and O–H groups in total. The van der Waals surface area contributed by atoms with Gasteiger partial charge in [0.25, 0.3) is 5.91 Å². The molecule has 2 aromatic rings. The van der Waals surface area contributed by atoms with Gasteiger partial charge in [-0.15, -0.1) is 0 Å². The summed E-state index contributed by atoms with van der Waals surface area (Å²) in [5.41, 5.74) is 1.83. The van der Waals surface area contributed by atoms with E-state index in [4.69, 9.17) is 9.47 Å². The second kappa shape index (κ2) is 8.15. The molecule has 0 aliphatic rings. The number of rotatable bonds is 6. The summed E-state index contributed by atoms with van der Waals surface area (Å²) >= 11 is 0. The summed E-state index contributed by atoms with van der Waals surface area (Å²) in [5, 5.41) is 0. The zero-order valence-electron chi connectivity index (χ0n) is 14.8. The molecule has 0 heterocycles. The highest BCUT2D eigenvalue weighted by molar-refractivity contribution is 6.07. The van der Waals surface area contributed by atoms with E-state index in [2.05, 4.69) is 0 Å². The molecule has 1 amide bonds. The van der Waals surface area contributed by atoms with Crippen molar-refractivity contribution in [2.45, 2.75) is 0 Å². The quantitative estimate of drug-likeness (QED) is 0.598. The molecule has 130 valence electrons. The molecule has 0 saturated carbocycles. The van der Waals surface area contributed by atoms with Gasteiger partial charge in [0.05, 0.1) is 14.2 Å². The van der Waals surface area contributed by atoms with E-state index in [1.165, 1.54) is 11.0 Å². The largest absolute Gasteiger partial charge is 0.497 e. The van der Waals surface area contributed by atoms with Crippen LogP contribution in [-0.4, -0.2) is 44.9 Å². The lowest BCUT2D eigenvalue weighted by Gasteiger charge is -2.10. The predicted molar refractivity (Wildman–Crippen MR) is 97.4 cm³/mol. The van der Waals surface area contributed by atoms with E-state index >= 15 is 0 Å². The van der Waals surface area contributed by atoms with E-state index in [1.54, 1.807) is 70.8 Å². The summed E-state index contributed by atoms with van der Waals surface area (Å²) in [4.78, 5) is 25.7. The highest BCUT2D eigenvalue weighted by atomic mass is 16.5. The first-order valence-electron chi connectivity index (χ1n) is 7.72. The SMILES string of the molecule is COc1ccc(/C=C/C(=O)c2ccc(C(=O)N(C)C)cc2)c(OC)c1. The van der Waals surface area contributed by atoms with Crippen molar-refractivity contribution in [3.8, 4) is 11.5 Å². The number of carbonyl (C=O) groups is 2. The fourth-order valence-corrected chi connectivity index (χ4v) is 2.25. The van der Waals surface area contributed by atoms with Gasteiger partial charge >= 0.3 is 0 Å². The number of carbonyl (C=O) groups excluding carboxylic acids is 2. The summed E-state index contributed by atoms with van der Waals surface area (Å²) in [6.07, 6.45) is 3.17. The lowest BCUT2D eigenvalue weighted by molar-refractivity contribution is 0.0827. The monoisotopic (exact) mass is 339 g/mol. The third-order valence-electron chi connectivity index (χ3n) is 3.68. The Morgan fingerprint density at radius 1 is 0.920 bits per heavy atom. The van der Waals surface area contributed by atoms with Gasteiger partial charge in [0.15, 0.2) is 5.78 Å². The number of ether oxygens (including phenoxy) is 2. The van der Waals surface area contributed by atoms with Crippen LogP contribution in [0.5, 0.6) is 11.5 Å². The average molecular weight is 339 g/mol. The Morgan fingerprint density at radius 3 is 2.12 bits per heavy atom. The van der Waals surface area contributed by atoms with Gasteiger partial charge in [0.2, 0.25) is 0 Å². The van der Waals surface area contributed by atoms with E-state index in [0.29, 0.717) is 22.6 Å². The number of nitrogens with zero attached hydrogens (tertiary/aromatic N) is 1. The number of hydrogen-bond donors (Lipinski definition) is 0. The third-order valence-corrected chi connectivity index (χ3v) is 3.68. The number of allylic oxidation sites excluding steroid dienone is 1. The number of ketones is 1. The summed E-state index contributed by atoms with van der Waals surface area (Å²) < 4.78 is 10.5. The van der Waals surface area contributed by atoms with E-state index in [1.807, 2.05) is 6.07 Å². The van der Waals surface area contributed by atoms with Crippen LogP contribution in [0.3, 0.4) is 0 Å². The van der Waals surface area contributed by atoms with E-state index in [9.17, 15) is 9.59 Å². The van der Waals surface area contributed by atoms with Crippen LogP contribution in [0.4, 0.5) is 0 Å². The van der Waals surface area contributed by atoms with Crippen LogP contribution in [0.15, 0.2) is 48.5 Å². The van der Waals surface area contributed by atoms with Crippen LogP contribution >= 0.6 is 0 Å². The lowest BCUT2D eigenvalue weighted by Crippen LogP contribution is -2.21. The van der Waals surface area contributed by atoms with E-state index in [0.717, 1.165) is 5.56 Å². The van der Waals surface area contributed by atoms with Gasteiger partial charge in [-0.25, -0.2) is 0 Å². The summed E-state index contributed by atoms with van der Waals surface area (Å²) in [5.74, 6) is 1.05. The maximum atomic E-state index is 12.3. The Bertz CT molecular complexity index is 792. The van der Waals surface area contributed by atoms with Crippen molar-refractivity contribution in [1.29, 1.82) is 0 Å². The molecule has 25 heavy (non-hydrogen) atoms. The second-order valence-electron chi connectivity index (χ2n) is 5.58. The van der Waals surface area contributed by atoms with Crippen molar-refractivity contribution < 1.29 is 19.1 Å². The van der Waals surface area contributed by atoms with Crippen LogP contribution in [0.25, 0.3) is 6.08 Å². The van der Waals surface area contributed by atoms with E-state index in [-0.39, 0.29) is 11.7 Å². The van der Waals surface area contributed by atoms with Crippen molar-refractivity contribution in [3.05, 3.63) is 65.2 Å². The first-order chi connectivity index (χ1) is 12.0. The molecule has 0 aliphatic heterocycles. The number of methoxy groups -OCH3 is 2. The first-order valence-corrected chi connectivity index (χ1v) is 7.72. The van der Waals surface area contributed by atoms with Gasteiger partial charge in [-0.3, -0.25) is 9.59 Å². The van der Waals surface area contributed by atoms with Gasteiger partial charge in [0.1, 0.15) is 11.5 Å². The highest BCUT2D eigenvalue weighted by Gasteiger charge is 2.09. The summed E-state index contributed by atoms with van der Waals surface area (Å²) in [6, 6.07) is 12.0. The molecule has 2 rings (SSSR count).